The zero-order chi connectivity index (χ0) is 16.2. The SMILES string of the molecule is Cc1cc(=O)c(C(=O)OCc2nnnn2-c2ccccc2)c[nH]1. The molecule has 1 aromatic carbocycles. The number of para-hydroxylation sites is 1. The number of tetrazole rings is 1. The van der Waals surface area contributed by atoms with Crippen molar-refractivity contribution in [3.8, 4) is 5.69 Å². The zero-order valence-corrected chi connectivity index (χ0v) is 12.3. The molecule has 2 heterocycles. The minimum atomic E-state index is -0.728. The van der Waals surface area contributed by atoms with Gasteiger partial charge in [-0.1, -0.05) is 18.2 Å². The molecule has 0 amide bonds. The Morgan fingerprint density at radius 2 is 2.09 bits per heavy atom. The van der Waals surface area contributed by atoms with E-state index < -0.39 is 11.4 Å². The van der Waals surface area contributed by atoms with E-state index in [2.05, 4.69) is 20.5 Å². The maximum absolute atomic E-state index is 12.0. The summed E-state index contributed by atoms with van der Waals surface area (Å²) in [6.07, 6.45) is 1.33. The highest BCUT2D eigenvalue weighted by Crippen LogP contribution is 2.08. The molecule has 23 heavy (non-hydrogen) atoms. The van der Waals surface area contributed by atoms with Gasteiger partial charge in [0.15, 0.2) is 17.9 Å². The lowest BCUT2D eigenvalue weighted by Gasteiger charge is -2.06. The number of hydrogen-bond acceptors (Lipinski definition) is 6. The molecule has 8 nitrogen and oxygen atoms in total. The van der Waals surface area contributed by atoms with Gasteiger partial charge in [0.2, 0.25) is 0 Å². The first-order chi connectivity index (χ1) is 11.1. The lowest BCUT2D eigenvalue weighted by molar-refractivity contribution is 0.0457. The van der Waals surface area contributed by atoms with Crippen LogP contribution in [-0.2, 0) is 11.3 Å². The van der Waals surface area contributed by atoms with E-state index >= 15 is 0 Å². The molecule has 0 aliphatic carbocycles. The third kappa shape index (κ3) is 3.15. The first-order valence-electron chi connectivity index (χ1n) is 6.84. The molecule has 1 N–H and O–H groups in total. The van der Waals surface area contributed by atoms with Crippen LogP contribution in [0.25, 0.3) is 5.69 Å². The van der Waals surface area contributed by atoms with E-state index in [9.17, 15) is 9.59 Å². The highest BCUT2D eigenvalue weighted by atomic mass is 16.5. The smallest absolute Gasteiger partial charge is 0.344 e. The van der Waals surface area contributed by atoms with E-state index in [1.165, 1.54) is 16.9 Å². The van der Waals surface area contributed by atoms with Crippen LogP contribution < -0.4 is 5.43 Å². The van der Waals surface area contributed by atoms with Crippen molar-refractivity contribution in [2.75, 3.05) is 0 Å². The van der Waals surface area contributed by atoms with Crippen LogP contribution in [0.4, 0.5) is 0 Å². The van der Waals surface area contributed by atoms with Gasteiger partial charge >= 0.3 is 5.97 Å². The Balaban J connectivity index is 1.76. The number of hydrogen-bond donors (Lipinski definition) is 1. The molecule has 0 bridgehead atoms. The number of benzene rings is 1. The van der Waals surface area contributed by atoms with Gasteiger partial charge in [-0.15, -0.1) is 5.10 Å². The van der Waals surface area contributed by atoms with Gasteiger partial charge in [-0.2, -0.15) is 4.68 Å². The van der Waals surface area contributed by atoms with Gasteiger partial charge in [0, 0.05) is 18.0 Å². The fraction of sp³-hybridized carbons (Fsp3) is 0.133. The second-order valence-electron chi connectivity index (χ2n) is 4.81. The van der Waals surface area contributed by atoms with E-state index in [-0.39, 0.29) is 12.2 Å². The Bertz CT molecular complexity index is 885. The summed E-state index contributed by atoms with van der Waals surface area (Å²) in [6.45, 7) is 1.58. The van der Waals surface area contributed by atoms with Crippen LogP contribution in [-0.4, -0.2) is 31.2 Å². The van der Waals surface area contributed by atoms with Crippen LogP contribution in [0.15, 0.2) is 47.4 Å². The molecule has 0 saturated heterocycles. The number of pyridine rings is 1. The largest absolute Gasteiger partial charge is 0.454 e. The van der Waals surface area contributed by atoms with Crippen molar-refractivity contribution >= 4 is 5.97 Å². The van der Waals surface area contributed by atoms with Crippen LogP contribution >= 0.6 is 0 Å². The molecule has 3 rings (SSSR count). The zero-order valence-electron chi connectivity index (χ0n) is 12.3. The summed E-state index contributed by atoms with van der Waals surface area (Å²) in [5.41, 5.74) is 0.958. The summed E-state index contributed by atoms with van der Waals surface area (Å²) in [4.78, 5) is 26.6. The summed E-state index contributed by atoms with van der Waals surface area (Å²) in [6, 6.07) is 10.6. The van der Waals surface area contributed by atoms with Gasteiger partial charge in [0.1, 0.15) is 5.56 Å². The summed E-state index contributed by atoms with van der Waals surface area (Å²) >= 11 is 0. The molecular formula is C15H13N5O3. The normalized spacial score (nSPS) is 10.5. The van der Waals surface area contributed by atoms with Gasteiger partial charge in [-0.05, 0) is 29.5 Å². The third-order valence-corrected chi connectivity index (χ3v) is 3.14. The quantitative estimate of drug-likeness (QED) is 0.721. The number of nitrogens with one attached hydrogen (secondary N) is 1. The molecule has 0 radical (unpaired) electrons. The molecular weight excluding hydrogens is 298 g/mol. The monoisotopic (exact) mass is 311 g/mol. The van der Waals surface area contributed by atoms with Gasteiger partial charge < -0.3 is 9.72 Å². The minimum Gasteiger partial charge on any atom is -0.454 e. The summed E-state index contributed by atoms with van der Waals surface area (Å²) in [5, 5.41) is 11.3. The number of aromatic nitrogens is 5. The maximum Gasteiger partial charge on any atom is 0.344 e. The molecule has 0 fully saturated rings. The third-order valence-electron chi connectivity index (χ3n) is 3.14. The minimum absolute atomic E-state index is 0.0608. The van der Waals surface area contributed by atoms with Crippen LogP contribution in [0, 0.1) is 6.92 Å². The molecule has 2 aromatic heterocycles. The Hall–Kier alpha value is -3.29. The highest BCUT2D eigenvalue weighted by Gasteiger charge is 2.15. The molecule has 0 spiro atoms. The highest BCUT2D eigenvalue weighted by molar-refractivity contribution is 5.88. The summed E-state index contributed by atoms with van der Waals surface area (Å²) in [5.74, 6) is -0.373. The van der Waals surface area contributed by atoms with Crippen molar-refractivity contribution in [1.29, 1.82) is 0 Å². The molecule has 0 atom stereocenters. The fourth-order valence-corrected chi connectivity index (χ4v) is 2.01. The van der Waals surface area contributed by atoms with Crippen LogP contribution in [0.2, 0.25) is 0 Å². The van der Waals surface area contributed by atoms with E-state index in [1.54, 1.807) is 6.92 Å². The molecule has 0 unspecified atom stereocenters. The maximum atomic E-state index is 12.0. The Kier molecular flexibility index (Phi) is 3.96. The standard InChI is InChI=1S/C15H13N5O3/c1-10-7-13(21)12(8-16-10)15(22)23-9-14-17-18-19-20(14)11-5-3-2-4-6-11/h2-8H,9H2,1H3,(H,16,21). The summed E-state index contributed by atoms with van der Waals surface area (Å²) in [7, 11) is 0. The van der Waals surface area contributed by atoms with Crippen molar-refractivity contribution < 1.29 is 9.53 Å². The molecule has 8 heteroatoms. The number of H-pyrrole nitrogens is 1. The Morgan fingerprint density at radius 3 is 2.83 bits per heavy atom. The number of carbonyl (C=O) groups is 1. The summed E-state index contributed by atoms with van der Waals surface area (Å²) < 4.78 is 6.60. The van der Waals surface area contributed by atoms with Crippen molar-refractivity contribution in [3.63, 3.8) is 0 Å². The van der Waals surface area contributed by atoms with Gasteiger partial charge in [0.05, 0.1) is 5.69 Å². The number of ether oxygens (including phenoxy) is 1. The number of esters is 1. The average molecular weight is 311 g/mol. The lowest BCUT2D eigenvalue weighted by atomic mass is 10.2. The lowest BCUT2D eigenvalue weighted by Crippen LogP contribution is -2.18. The van der Waals surface area contributed by atoms with E-state index in [0.717, 1.165) is 5.69 Å². The number of rotatable bonds is 4. The second kappa shape index (κ2) is 6.22. The molecule has 116 valence electrons. The first-order valence-corrected chi connectivity index (χ1v) is 6.84. The molecule has 0 aliphatic heterocycles. The first kappa shape index (κ1) is 14.6. The molecule has 0 aliphatic rings. The van der Waals surface area contributed by atoms with Crippen molar-refractivity contribution in [3.05, 3.63) is 69.9 Å². The Labute approximate surface area is 130 Å². The second-order valence-corrected chi connectivity index (χ2v) is 4.81. The number of nitrogens with zero attached hydrogens (tertiary/aromatic N) is 4. The van der Waals surface area contributed by atoms with Gasteiger partial charge in [0.25, 0.3) is 0 Å². The fourth-order valence-electron chi connectivity index (χ4n) is 2.01. The van der Waals surface area contributed by atoms with Crippen LogP contribution in [0.3, 0.4) is 0 Å². The topological polar surface area (TPSA) is 103 Å². The number of aryl methyl sites for hydroxylation is 1. The van der Waals surface area contributed by atoms with Gasteiger partial charge in [-0.25, -0.2) is 4.79 Å². The Morgan fingerprint density at radius 1 is 1.30 bits per heavy atom. The average Bonchev–Trinajstić information content (AvgIpc) is 3.02. The van der Waals surface area contributed by atoms with E-state index in [0.29, 0.717) is 11.5 Å². The van der Waals surface area contributed by atoms with Crippen LogP contribution in [0.5, 0.6) is 0 Å². The van der Waals surface area contributed by atoms with Crippen molar-refractivity contribution in [2.24, 2.45) is 0 Å². The number of aromatic amines is 1. The van der Waals surface area contributed by atoms with Crippen molar-refractivity contribution in [1.82, 2.24) is 25.2 Å². The van der Waals surface area contributed by atoms with Crippen LogP contribution in [0.1, 0.15) is 21.9 Å². The van der Waals surface area contributed by atoms with Crippen molar-refractivity contribution in [2.45, 2.75) is 13.5 Å². The predicted octanol–water partition coefficient (Wildman–Crippen LogP) is 1.02. The number of carbonyl (C=O) groups excluding carboxylic acids is 1. The van der Waals surface area contributed by atoms with E-state index in [4.69, 9.17) is 4.74 Å². The molecule has 0 saturated carbocycles. The molecule has 3 aromatic rings. The predicted molar refractivity (Wildman–Crippen MR) is 80.1 cm³/mol. The van der Waals surface area contributed by atoms with E-state index in [1.807, 2.05) is 30.3 Å². The van der Waals surface area contributed by atoms with Gasteiger partial charge in [-0.3, -0.25) is 4.79 Å².